The van der Waals surface area contributed by atoms with Crippen molar-refractivity contribution in [3.8, 4) is 0 Å². The van der Waals surface area contributed by atoms with Gasteiger partial charge in [-0.25, -0.2) is 12.8 Å². The van der Waals surface area contributed by atoms with Gasteiger partial charge < -0.3 is 4.90 Å². The summed E-state index contributed by atoms with van der Waals surface area (Å²) in [6.45, 7) is 4.45. The van der Waals surface area contributed by atoms with Crippen LogP contribution in [0.5, 0.6) is 0 Å². The Morgan fingerprint density at radius 1 is 1.30 bits per heavy atom. The predicted molar refractivity (Wildman–Crippen MR) is 85.8 cm³/mol. The molecule has 23 heavy (non-hydrogen) atoms. The van der Waals surface area contributed by atoms with Crippen LogP contribution in [0.25, 0.3) is 0 Å². The van der Waals surface area contributed by atoms with Crippen LogP contribution in [0.3, 0.4) is 0 Å². The third-order valence-electron chi connectivity index (χ3n) is 4.36. The van der Waals surface area contributed by atoms with Crippen molar-refractivity contribution >= 4 is 15.9 Å². The Labute approximate surface area is 137 Å². The summed E-state index contributed by atoms with van der Waals surface area (Å²) >= 11 is 0. The summed E-state index contributed by atoms with van der Waals surface area (Å²) in [4.78, 5) is 14.0. The van der Waals surface area contributed by atoms with E-state index >= 15 is 0 Å². The SMILES string of the molecule is CC(C)N(C)C(=O)C1CCN(S(=O)(=O)c2cccc(F)c2)CC1. The van der Waals surface area contributed by atoms with Crippen LogP contribution in [0.2, 0.25) is 0 Å². The van der Waals surface area contributed by atoms with Crippen LogP contribution in [-0.4, -0.2) is 49.7 Å². The standard InChI is InChI=1S/C16H23FN2O3S/c1-12(2)18(3)16(20)13-7-9-19(10-8-13)23(21,22)15-6-4-5-14(17)11-15/h4-6,11-13H,7-10H2,1-3H3. The molecule has 1 aliphatic heterocycles. The first-order chi connectivity index (χ1) is 10.7. The number of piperidine rings is 1. The first-order valence-electron chi connectivity index (χ1n) is 7.76. The zero-order valence-corrected chi connectivity index (χ0v) is 14.5. The van der Waals surface area contributed by atoms with Crippen molar-refractivity contribution in [2.45, 2.75) is 37.6 Å². The van der Waals surface area contributed by atoms with Gasteiger partial charge in [0.05, 0.1) is 4.90 Å². The molecule has 1 amide bonds. The maximum Gasteiger partial charge on any atom is 0.243 e. The van der Waals surface area contributed by atoms with Gasteiger partial charge in [-0.3, -0.25) is 4.79 Å². The first kappa shape index (κ1) is 17.9. The quantitative estimate of drug-likeness (QED) is 0.842. The van der Waals surface area contributed by atoms with Crippen LogP contribution in [0.4, 0.5) is 4.39 Å². The molecule has 0 aromatic heterocycles. The Morgan fingerprint density at radius 3 is 2.43 bits per heavy atom. The van der Waals surface area contributed by atoms with Gasteiger partial charge >= 0.3 is 0 Å². The fourth-order valence-corrected chi connectivity index (χ4v) is 4.16. The summed E-state index contributed by atoms with van der Waals surface area (Å²) < 4.78 is 39.6. The summed E-state index contributed by atoms with van der Waals surface area (Å²) in [5.74, 6) is -0.668. The second-order valence-corrected chi connectivity index (χ2v) is 8.12. The summed E-state index contributed by atoms with van der Waals surface area (Å²) in [5, 5.41) is 0. The minimum absolute atomic E-state index is 0.0402. The largest absolute Gasteiger partial charge is 0.343 e. The molecule has 0 atom stereocenters. The molecule has 0 unspecified atom stereocenters. The third-order valence-corrected chi connectivity index (χ3v) is 6.25. The molecule has 7 heteroatoms. The van der Waals surface area contributed by atoms with Crippen molar-refractivity contribution < 1.29 is 17.6 Å². The summed E-state index contributed by atoms with van der Waals surface area (Å²) in [5.41, 5.74) is 0. The van der Waals surface area contributed by atoms with Crippen LogP contribution in [0.15, 0.2) is 29.2 Å². The first-order valence-corrected chi connectivity index (χ1v) is 9.20. The zero-order valence-electron chi connectivity index (χ0n) is 13.7. The lowest BCUT2D eigenvalue weighted by atomic mass is 9.96. The zero-order chi connectivity index (χ0) is 17.2. The monoisotopic (exact) mass is 342 g/mol. The molecule has 0 N–H and O–H groups in total. The maximum atomic E-state index is 13.3. The Kier molecular flexibility index (Phi) is 5.41. The van der Waals surface area contributed by atoms with Crippen LogP contribution in [0, 0.1) is 11.7 Å². The second kappa shape index (κ2) is 6.97. The van der Waals surface area contributed by atoms with Gasteiger partial charge in [0.1, 0.15) is 5.82 Å². The van der Waals surface area contributed by atoms with Crippen LogP contribution in [-0.2, 0) is 14.8 Å². The van der Waals surface area contributed by atoms with E-state index in [1.54, 1.807) is 11.9 Å². The van der Waals surface area contributed by atoms with Gasteiger partial charge in [0.15, 0.2) is 0 Å². The van der Waals surface area contributed by atoms with Crippen molar-refractivity contribution in [1.29, 1.82) is 0 Å². The van der Waals surface area contributed by atoms with E-state index in [2.05, 4.69) is 0 Å². The minimum Gasteiger partial charge on any atom is -0.343 e. The van der Waals surface area contributed by atoms with Crippen molar-refractivity contribution in [2.75, 3.05) is 20.1 Å². The Balaban J connectivity index is 2.05. The average Bonchev–Trinajstić information content (AvgIpc) is 2.53. The van der Waals surface area contributed by atoms with Crippen molar-refractivity contribution in [2.24, 2.45) is 5.92 Å². The van der Waals surface area contributed by atoms with E-state index in [-0.39, 0.29) is 35.9 Å². The highest BCUT2D eigenvalue weighted by molar-refractivity contribution is 7.89. The van der Waals surface area contributed by atoms with E-state index in [0.717, 1.165) is 6.07 Å². The van der Waals surface area contributed by atoms with Crippen LogP contribution >= 0.6 is 0 Å². The van der Waals surface area contributed by atoms with Gasteiger partial charge in [0, 0.05) is 32.1 Å². The molecular formula is C16H23FN2O3S. The summed E-state index contributed by atoms with van der Waals surface area (Å²) in [7, 11) is -1.94. The number of carbonyl (C=O) groups is 1. The molecule has 0 aliphatic carbocycles. The number of carbonyl (C=O) groups excluding carboxylic acids is 1. The lowest BCUT2D eigenvalue weighted by molar-refractivity contribution is -0.136. The maximum absolute atomic E-state index is 13.3. The molecular weight excluding hydrogens is 319 g/mol. The topological polar surface area (TPSA) is 57.7 Å². The van der Waals surface area contributed by atoms with E-state index < -0.39 is 15.8 Å². The fraction of sp³-hybridized carbons (Fsp3) is 0.562. The predicted octanol–water partition coefficient (Wildman–Crippen LogP) is 2.09. The number of hydrogen-bond donors (Lipinski definition) is 0. The number of rotatable bonds is 4. The van der Waals surface area contributed by atoms with Gasteiger partial charge in [-0.2, -0.15) is 4.31 Å². The van der Waals surface area contributed by atoms with Crippen molar-refractivity contribution in [3.05, 3.63) is 30.1 Å². The number of hydrogen-bond acceptors (Lipinski definition) is 3. The van der Waals surface area contributed by atoms with E-state index in [4.69, 9.17) is 0 Å². The lowest BCUT2D eigenvalue weighted by Crippen LogP contribution is -2.44. The minimum atomic E-state index is -3.70. The van der Waals surface area contributed by atoms with E-state index in [0.29, 0.717) is 12.8 Å². The smallest absolute Gasteiger partial charge is 0.243 e. The van der Waals surface area contributed by atoms with E-state index in [1.165, 1.54) is 22.5 Å². The Bertz CT molecular complexity index is 668. The highest BCUT2D eigenvalue weighted by Crippen LogP contribution is 2.25. The van der Waals surface area contributed by atoms with Crippen LogP contribution in [0.1, 0.15) is 26.7 Å². The van der Waals surface area contributed by atoms with E-state index in [9.17, 15) is 17.6 Å². The van der Waals surface area contributed by atoms with Crippen LogP contribution < -0.4 is 0 Å². The highest BCUT2D eigenvalue weighted by atomic mass is 32.2. The summed E-state index contributed by atoms with van der Waals surface area (Å²) in [6.07, 6.45) is 0.981. The molecule has 1 aliphatic rings. The number of nitrogens with zero attached hydrogens (tertiary/aromatic N) is 2. The molecule has 128 valence electrons. The van der Waals surface area contributed by atoms with Gasteiger partial charge in [0.25, 0.3) is 0 Å². The van der Waals surface area contributed by atoms with Gasteiger partial charge in [0.2, 0.25) is 15.9 Å². The summed E-state index contributed by atoms with van der Waals surface area (Å²) in [6, 6.07) is 5.14. The second-order valence-electron chi connectivity index (χ2n) is 6.18. The molecule has 1 saturated heterocycles. The van der Waals surface area contributed by atoms with Gasteiger partial charge in [-0.15, -0.1) is 0 Å². The molecule has 1 fully saturated rings. The van der Waals surface area contributed by atoms with Crippen molar-refractivity contribution in [3.63, 3.8) is 0 Å². The number of amides is 1. The molecule has 0 spiro atoms. The number of sulfonamides is 1. The van der Waals surface area contributed by atoms with Gasteiger partial charge in [-0.05, 0) is 44.9 Å². The Morgan fingerprint density at radius 2 is 1.91 bits per heavy atom. The lowest BCUT2D eigenvalue weighted by Gasteiger charge is -2.33. The molecule has 1 aromatic rings. The normalized spacial score (nSPS) is 17.4. The van der Waals surface area contributed by atoms with E-state index in [1.807, 2.05) is 13.8 Å². The third kappa shape index (κ3) is 3.90. The molecule has 0 bridgehead atoms. The fourth-order valence-electron chi connectivity index (χ4n) is 2.66. The average molecular weight is 342 g/mol. The number of benzene rings is 1. The molecule has 0 saturated carbocycles. The molecule has 2 rings (SSSR count). The molecule has 1 aromatic carbocycles. The highest BCUT2D eigenvalue weighted by Gasteiger charge is 2.33. The van der Waals surface area contributed by atoms with Gasteiger partial charge in [-0.1, -0.05) is 6.07 Å². The molecule has 5 nitrogen and oxygen atoms in total. The molecule has 0 radical (unpaired) electrons. The van der Waals surface area contributed by atoms with Crippen molar-refractivity contribution in [1.82, 2.24) is 9.21 Å². The molecule has 1 heterocycles. The number of halogens is 1. The Hall–Kier alpha value is -1.47.